The Bertz CT molecular complexity index is 667. The number of anilines is 1. The summed E-state index contributed by atoms with van der Waals surface area (Å²) in [6.45, 7) is 2.42. The van der Waals surface area contributed by atoms with Gasteiger partial charge in [-0.05, 0) is 41.1 Å². The number of halogens is 1. The quantitative estimate of drug-likeness (QED) is 0.882. The third-order valence-electron chi connectivity index (χ3n) is 2.53. The molecule has 0 radical (unpaired) electrons. The number of nitrogens with one attached hydrogen (secondary N) is 1. The first-order chi connectivity index (χ1) is 9.10. The predicted octanol–water partition coefficient (Wildman–Crippen LogP) is 2.28. The van der Waals surface area contributed by atoms with Crippen molar-refractivity contribution < 1.29 is 4.79 Å². The first kappa shape index (κ1) is 13.5. The summed E-state index contributed by atoms with van der Waals surface area (Å²) in [6.07, 6.45) is 1.61. The molecule has 5 nitrogen and oxygen atoms in total. The van der Waals surface area contributed by atoms with E-state index in [9.17, 15) is 9.59 Å². The Morgan fingerprint density at radius 2 is 2.16 bits per heavy atom. The van der Waals surface area contributed by atoms with Gasteiger partial charge in [-0.2, -0.15) is 0 Å². The van der Waals surface area contributed by atoms with Crippen LogP contribution in [-0.4, -0.2) is 15.5 Å². The van der Waals surface area contributed by atoms with E-state index in [1.54, 1.807) is 30.5 Å². The molecule has 0 unspecified atom stereocenters. The van der Waals surface area contributed by atoms with Crippen LogP contribution >= 0.6 is 15.9 Å². The minimum Gasteiger partial charge on any atom is -0.319 e. The largest absolute Gasteiger partial charge is 0.319 e. The minimum atomic E-state index is -0.317. The lowest BCUT2D eigenvalue weighted by molar-refractivity contribution is 0.102. The average molecular weight is 322 g/mol. The fourth-order valence-corrected chi connectivity index (χ4v) is 1.93. The number of nitrogens with zero attached hydrogens (tertiary/aromatic N) is 2. The van der Waals surface area contributed by atoms with Gasteiger partial charge in [-0.25, -0.2) is 4.98 Å². The van der Waals surface area contributed by atoms with E-state index in [1.807, 2.05) is 6.92 Å². The van der Waals surface area contributed by atoms with Crippen LogP contribution in [0.5, 0.6) is 0 Å². The molecule has 98 valence electrons. The monoisotopic (exact) mass is 321 g/mol. The van der Waals surface area contributed by atoms with Gasteiger partial charge in [0.15, 0.2) is 0 Å². The van der Waals surface area contributed by atoms with Crippen LogP contribution in [0.3, 0.4) is 0 Å². The second kappa shape index (κ2) is 5.79. The Kier molecular flexibility index (Phi) is 4.11. The number of carbonyl (C=O) groups excluding carboxylic acids is 1. The maximum atomic E-state index is 12.0. The Morgan fingerprint density at radius 3 is 2.84 bits per heavy atom. The smallest absolute Gasteiger partial charge is 0.274 e. The van der Waals surface area contributed by atoms with Crippen molar-refractivity contribution in [1.29, 1.82) is 0 Å². The molecule has 0 fully saturated rings. The number of hydrogen-bond donors (Lipinski definition) is 1. The number of hydrogen-bond acceptors (Lipinski definition) is 3. The fraction of sp³-hybridized carbons (Fsp3) is 0.154. The summed E-state index contributed by atoms with van der Waals surface area (Å²) in [6, 6.07) is 8.10. The lowest BCUT2D eigenvalue weighted by Gasteiger charge is -2.07. The number of pyridine rings is 2. The van der Waals surface area contributed by atoms with Crippen LogP contribution in [0.4, 0.5) is 5.69 Å². The highest BCUT2D eigenvalue weighted by Crippen LogP contribution is 2.09. The van der Waals surface area contributed by atoms with Crippen LogP contribution in [0.2, 0.25) is 0 Å². The first-order valence-electron chi connectivity index (χ1n) is 5.74. The van der Waals surface area contributed by atoms with E-state index in [0.29, 0.717) is 22.5 Å². The van der Waals surface area contributed by atoms with E-state index in [0.717, 1.165) is 0 Å². The summed E-state index contributed by atoms with van der Waals surface area (Å²) in [5, 5.41) is 2.71. The van der Waals surface area contributed by atoms with Crippen LogP contribution in [-0.2, 0) is 6.54 Å². The Hall–Kier alpha value is -1.95. The molecular weight excluding hydrogens is 310 g/mol. The maximum absolute atomic E-state index is 12.0. The third-order valence-corrected chi connectivity index (χ3v) is 2.97. The minimum absolute atomic E-state index is 0.0962. The molecule has 19 heavy (non-hydrogen) atoms. The first-order valence-corrected chi connectivity index (χ1v) is 6.54. The van der Waals surface area contributed by atoms with Crippen molar-refractivity contribution in [2.24, 2.45) is 0 Å². The molecule has 0 aliphatic rings. The summed E-state index contributed by atoms with van der Waals surface area (Å²) in [5.41, 5.74) is 0.776. The van der Waals surface area contributed by atoms with Gasteiger partial charge in [0.25, 0.3) is 11.5 Å². The number of aromatic nitrogens is 2. The van der Waals surface area contributed by atoms with Crippen LogP contribution < -0.4 is 10.9 Å². The number of aryl methyl sites for hydroxylation is 1. The summed E-state index contributed by atoms with van der Waals surface area (Å²) in [5.74, 6) is -0.317. The van der Waals surface area contributed by atoms with Crippen LogP contribution in [0, 0.1) is 0 Å². The molecule has 0 aromatic carbocycles. The number of rotatable bonds is 3. The zero-order valence-electron chi connectivity index (χ0n) is 10.3. The van der Waals surface area contributed by atoms with Crippen LogP contribution in [0.15, 0.2) is 45.9 Å². The highest BCUT2D eigenvalue weighted by molar-refractivity contribution is 9.10. The van der Waals surface area contributed by atoms with E-state index in [4.69, 9.17) is 0 Å². The van der Waals surface area contributed by atoms with Gasteiger partial charge in [0.1, 0.15) is 10.3 Å². The van der Waals surface area contributed by atoms with E-state index in [-0.39, 0.29) is 11.5 Å². The van der Waals surface area contributed by atoms with Gasteiger partial charge in [-0.3, -0.25) is 9.59 Å². The van der Waals surface area contributed by atoms with Crippen molar-refractivity contribution >= 4 is 27.5 Å². The number of carbonyl (C=O) groups is 1. The van der Waals surface area contributed by atoms with Crippen LogP contribution in [0.25, 0.3) is 0 Å². The van der Waals surface area contributed by atoms with Crippen molar-refractivity contribution in [3.05, 3.63) is 57.2 Å². The van der Waals surface area contributed by atoms with Crippen molar-refractivity contribution in [1.82, 2.24) is 9.55 Å². The Balaban J connectivity index is 2.22. The van der Waals surface area contributed by atoms with Gasteiger partial charge in [0.2, 0.25) is 0 Å². The second-order valence-corrected chi connectivity index (χ2v) is 4.65. The normalized spacial score (nSPS) is 10.2. The molecule has 2 heterocycles. The summed E-state index contributed by atoms with van der Waals surface area (Å²) in [4.78, 5) is 27.5. The van der Waals surface area contributed by atoms with E-state index >= 15 is 0 Å². The fourth-order valence-electron chi connectivity index (χ4n) is 1.58. The zero-order valence-corrected chi connectivity index (χ0v) is 11.8. The molecule has 0 atom stereocenters. The molecular formula is C13H12BrN3O2. The van der Waals surface area contributed by atoms with Gasteiger partial charge < -0.3 is 9.88 Å². The SMILES string of the molecule is CCn1cc(NC(=O)c2cccc(Br)n2)ccc1=O. The molecule has 0 saturated carbocycles. The van der Waals surface area contributed by atoms with E-state index in [1.165, 1.54) is 10.6 Å². The Morgan fingerprint density at radius 1 is 1.37 bits per heavy atom. The van der Waals surface area contributed by atoms with Crippen molar-refractivity contribution in [2.75, 3.05) is 5.32 Å². The van der Waals surface area contributed by atoms with E-state index < -0.39 is 0 Å². The van der Waals surface area contributed by atoms with Crippen molar-refractivity contribution in [3.63, 3.8) is 0 Å². The van der Waals surface area contributed by atoms with Crippen LogP contribution in [0.1, 0.15) is 17.4 Å². The molecule has 0 spiro atoms. The molecule has 1 amide bonds. The standard InChI is InChI=1S/C13H12BrN3O2/c1-2-17-8-9(6-7-12(17)18)15-13(19)10-4-3-5-11(14)16-10/h3-8H,2H2,1H3,(H,15,19). The maximum Gasteiger partial charge on any atom is 0.274 e. The average Bonchev–Trinajstić information content (AvgIpc) is 2.41. The summed E-state index contributed by atoms with van der Waals surface area (Å²) >= 11 is 3.21. The van der Waals surface area contributed by atoms with Gasteiger partial charge in [-0.1, -0.05) is 6.07 Å². The highest BCUT2D eigenvalue weighted by Gasteiger charge is 2.08. The summed E-state index contributed by atoms with van der Waals surface area (Å²) < 4.78 is 2.11. The molecule has 2 rings (SSSR count). The van der Waals surface area contributed by atoms with Gasteiger partial charge in [-0.15, -0.1) is 0 Å². The third kappa shape index (κ3) is 3.29. The molecule has 0 bridgehead atoms. The second-order valence-electron chi connectivity index (χ2n) is 3.84. The lowest BCUT2D eigenvalue weighted by Crippen LogP contribution is -2.20. The predicted molar refractivity (Wildman–Crippen MR) is 76.3 cm³/mol. The molecule has 1 N–H and O–H groups in total. The molecule has 6 heteroatoms. The molecule has 0 aliphatic carbocycles. The topological polar surface area (TPSA) is 64.0 Å². The Labute approximate surface area is 118 Å². The van der Waals surface area contributed by atoms with Gasteiger partial charge in [0, 0.05) is 18.8 Å². The van der Waals surface area contributed by atoms with Crippen molar-refractivity contribution in [3.8, 4) is 0 Å². The highest BCUT2D eigenvalue weighted by atomic mass is 79.9. The molecule has 0 aliphatic heterocycles. The van der Waals surface area contributed by atoms with Gasteiger partial charge >= 0.3 is 0 Å². The van der Waals surface area contributed by atoms with E-state index in [2.05, 4.69) is 26.2 Å². The zero-order chi connectivity index (χ0) is 13.8. The van der Waals surface area contributed by atoms with Gasteiger partial charge in [0.05, 0.1) is 5.69 Å². The summed E-state index contributed by atoms with van der Waals surface area (Å²) in [7, 11) is 0. The molecule has 2 aromatic heterocycles. The van der Waals surface area contributed by atoms with Crippen molar-refractivity contribution in [2.45, 2.75) is 13.5 Å². The number of amides is 1. The molecule has 2 aromatic rings. The lowest BCUT2D eigenvalue weighted by atomic mass is 10.3. The molecule has 0 saturated heterocycles.